The smallest absolute Gasteiger partial charge is 0.294 e. The van der Waals surface area contributed by atoms with Crippen molar-refractivity contribution in [2.45, 2.75) is 11.8 Å². The third kappa shape index (κ3) is 3.68. The number of anilines is 1. The fraction of sp³-hybridized carbons (Fsp3) is 0.0909. The van der Waals surface area contributed by atoms with Crippen molar-refractivity contribution < 1.29 is 17.7 Å². The molecule has 0 atom stereocenters. The van der Waals surface area contributed by atoms with Gasteiger partial charge < -0.3 is 9.84 Å². The van der Waals surface area contributed by atoms with E-state index in [9.17, 15) is 13.2 Å². The van der Waals surface area contributed by atoms with Crippen LogP contribution in [0, 0.1) is 6.92 Å². The molecule has 1 amide bonds. The van der Waals surface area contributed by atoms with Crippen LogP contribution < -0.4 is 5.32 Å². The van der Waals surface area contributed by atoms with E-state index in [1.165, 1.54) is 6.07 Å². The second-order valence-corrected chi connectivity index (χ2v) is 7.37. The quantitative estimate of drug-likeness (QED) is 0.837. The molecule has 2 rings (SSSR count). The molecule has 1 aromatic heterocycles. The maximum Gasteiger partial charge on any atom is 0.294 e. The van der Waals surface area contributed by atoms with Crippen molar-refractivity contribution >= 4 is 54.5 Å². The molecule has 0 saturated carbocycles. The molecule has 0 aliphatic heterocycles. The minimum atomic E-state index is -3.98. The first-order valence-electron chi connectivity index (χ1n) is 5.37. The van der Waals surface area contributed by atoms with Gasteiger partial charge in [-0.15, -0.1) is 0 Å². The molecule has 0 radical (unpaired) electrons. The second-order valence-electron chi connectivity index (χ2n) is 3.99. The minimum absolute atomic E-state index is 0.0336. The first-order chi connectivity index (χ1) is 9.68. The van der Waals surface area contributed by atoms with E-state index in [1.54, 1.807) is 6.92 Å². The Bertz CT molecular complexity index is 794. The van der Waals surface area contributed by atoms with Crippen LogP contribution in [-0.4, -0.2) is 19.5 Å². The third-order valence-corrected chi connectivity index (χ3v) is 4.32. The van der Waals surface area contributed by atoms with Crippen molar-refractivity contribution in [3.63, 3.8) is 0 Å². The zero-order valence-electron chi connectivity index (χ0n) is 10.4. The van der Waals surface area contributed by atoms with E-state index >= 15 is 0 Å². The van der Waals surface area contributed by atoms with Crippen molar-refractivity contribution in [2.75, 3.05) is 5.32 Å². The maximum absolute atomic E-state index is 11.9. The zero-order chi connectivity index (χ0) is 15.8. The van der Waals surface area contributed by atoms with Crippen molar-refractivity contribution in [2.24, 2.45) is 0 Å². The molecule has 0 spiro atoms. The first kappa shape index (κ1) is 16.1. The largest absolute Gasteiger partial charge is 0.351 e. The van der Waals surface area contributed by atoms with E-state index < -0.39 is 15.0 Å². The average Bonchev–Trinajstić information content (AvgIpc) is 2.79. The lowest BCUT2D eigenvalue weighted by molar-refractivity contribution is 0.0988. The fourth-order valence-corrected chi connectivity index (χ4v) is 2.95. The van der Waals surface area contributed by atoms with Gasteiger partial charge in [0.1, 0.15) is 0 Å². The number of nitrogens with zero attached hydrogens (tertiary/aromatic N) is 1. The molecule has 112 valence electrons. The molecular weight excluding hydrogens is 363 g/mol. The van der Waals surface area contributed by atoms with Gasteiger partial charge in [-0.2, -0.15) is 0 Å². The Balaban J connectivity index is 2.35. The molecule has 0 aliphatic carbocycles. The van der Waals surface area contributed by atoms with Gasteiger partial charge in [0.05, 0.1) is 26.3 Å². The number of benzene rings is 1. The molecular formula is C11H7Cl3N2O4S. The van der Waals surface area contributed by atoms with Crippen LogP contribution in [-0.2, 0) is 9.05 Å². The van der Waals surface area contributed by atoms with E-state index in [-0.39, 0.29) is 26.4 Å². The SMILES string of the molecule is Cc1cc(C(=O)Nc2c(Cl)cc(S(=O)(=O)Cl)cc2Cl)on1. The van der Waals surface area contributed by atoms with Crippen LogP contribution in [0.2, 0.25) is 10.0 Å². The van der Waals surface area contributed by atoms with E-state index in [2.05, 4.69) is 10.5 Å². The van der Waals surface area contributed by atoms with Gasteiger partial charge in [0.25, 0.3) is 15.0 Å². The number of carbonyl (C=O) groups excluding carboxylic acids is 1. The summed E-state index contributed by atoms with van der Waals surface area (Å²) in [6, 6.07) is 3.59. The standard InChI is InChI=1S/C11H7Cl3N2O4S/c1-5-2-9(20-16-5)11(17)15-10-7(12)3-6(4-8(10)13)21(14,18)19/h2-4H,1H3,(H,15,17). The lowest BCUT2D eigenvalue weighted by atomic mass is 10.3. The highest BCUT2D eigenvalue weighted by Crippen LogP contribution is 2.34. The number of aromatic nitrogens is 1. The Morgan fingerprint density at radius 3 is 2.24 bits per heavy atom. The van der Waals surface area contributed by atoms with E-state index in [1.807, 2.05) is 0 Å². The van der Waals surface area contributed by atoms with Gasteiger partial charge in [-0.1, -0.05) is 28.4 Å². The molecule has 0 aliphatic rings. The summed E-state index contributed by atoms with van der Waals surface area (Å²) in [5.74, 6) is -0.658. The van der Waals surface area contributed by atoms with E-state index in [0.29, 0.717) is 5.69 Å². The summed E-state index contributed by atoms with van der Waals surface area (Å²) in [4.78, 5) is 11.6. The van der Waals surface area contributed by atoms with Crippen molar-refractivity contribution in [1.29, 1.82) is 0 Å². The van der Waals surface area contributed by atoms with Gasteiger partial charge in [-0.05, 0) is 19.1 Å². The summed E-state index contributed by atoms with van der Waals surface area (Å²) >= 11 is 11.8. The number of halogens is 3. The third-order valence-electron chi connectivity index (χ3n) is 2.39. The molecule has 10 heteroatoms. The maximum atomic E-state index is 11.9. The van der Waals surface area contributed by atoms with Crippen LogP contribution in [0.3, 0.4) is 0 Å². The number of hydrogen-bond donors (Lipinski definition) is 1. The van der Waals surface area contributed by atoms with Gasteiger partial charge in [-0.25, -0.2) is 8.42 Å². The summed E-state index contributed by atoms with van der Waals surface area (Å²) in [6.45, 7) is 1.65. The fourth-order valence-electron chi connectivity index (χ4n) is 1.46. The number of carbonyl (C=O) groups is 1. The molecule has 0 unspecified atom stereocenters. The van der Waals surface area contributed by atoms with Crippen LogP contribution in [0.15, 0.2) is 27.6 Å². The van der Waals surface area contributed by atoms with Gasteiger partial charge >= 0.3 is 0 Å². The summed E-state index contributed by atoms with van der Waals surface area (Å²) in [5.41, 5.74) is 0.572. The number of rotatable bonds is 3. The Kier molecular flexibility index (Phi) is 4.48. The number of amides is 1. The molecule has 0 bridgehead atoms. The van der Waals surface area contributed by atoms with Gasteiger partial charge in [0.15, 0.2) is 0 Å². The molecule has 0 saturated heterocycles. The lowest BCUT2D eigenvalue weighted by Crippen LogP contribution is -2.12. The normalized spacial score (nSPS) is 11.4. The monoisotopic (exact) mass is 368 g/mol. The summed E-state index contributed by atoms with van der Waals surface area (Å²) in [7, 11) is 1.22. The minimum Gasteiger partial charge on any atom is -0.351 e. The molecule has 21 heavy (non-hydrogen) atoms. The Morgan fingerprint density at radius 1 is 1.24 bits per heavy atom. The predicted molar refractivity (Wildman–Crippen MR) is 78.7 cm³/mol. The molecule has 1 heterocycles. The van der Waals surface area contributed by atoms with Gasteiger partial charge in [0.2, 0.25) is 5.76 Å². The summed E-state index contributed by atoms with van der Waals surface area (Å²) in [6.07, 6.45) is 0. The van der Waals surface area contributed by atoms with Crippen LogP contribution in [0.4, 0.5) is 5.69 Å². The van der Waals surface area contributed by atoms with Crippen LogP contribution in [0.25, 0.3) is 0 Å². The van der Waals surface area contributed by atoms with Gasteiger partial charge in [0, 0.05) is 16.7 Å². The Labute approximate surface area is 134 Å². The molecule has 1 aromatic carbocycles. The van der Waals surface area contributed by atoms with Crippen molar-refractivity contribution in [3.8, 4) is 0 Å². The lowest BCUT2D eigenvalue weighted by Gasteiger charge is -2.09. The van der Waals surface area contributed by atoms with Crippen LogP contribution >= 0.6 is 33.9 Å². The number of aryl methyl sites for hydroxylation is 1. The topological polar surface area (TPSA) is 89.3 Å². The summed E-state index contributed by atoms with van der Waals surface area (Å²) in [5, 5.41) is 5.83. The predicted octanol–water partition coefficient (Wildman–Crippen LogP) is 3.47. The summed E-state index contributed by atoms with van der Waals surface area (Å²) < 4.78 is 27.3. The highest BCUT2D eigenvalue weighted by Gasteiger charge is 2.19. The Hall–Kier alpha value is -1.28. The van der Waals surface area contributed by atoms with Crippen LogP contribution in [0.5, 0.6) is 0 Å². The highest BCUT2D eigenvalue weighted by molar-refractivity contribution is 8.13. The van der Waals surface area contributed by atoms with E-state index in [4.69, 9.17) is 38.4 Å². The van der Waals surface area contributed by atoms with E-state index in [0.717, 1.165) is 12.1 Å². The van der Waals surface area contributed by atoms with Crippen molar-refractivity contribution in [3.05, 3.63) is 39.7 Å². The average molecular weight is 370 g/mol. The zero-order valence-corrected chi connectivity index (χ0v) is 13.4. The number of hydrogen-bond acceptors (Lipinski definition) is 5. The molecule has 0 fully saturated rings. The Morgan fingerprint density at radius 2 is 1.81 bits per heavy atom. The molecule has 2 aromatic rings. The molecule has 1 N–H and O–H groups in total. The first-order valence-corrected chi connectivity index (χ1v) is 8.43. The number of nitrogens with one attached hydrogen (secondary N) is 1. The van der Waals surface area contributed by atoms with Crippen molar-refractivity contribution in [1.82, 2.24) is 5.16 Å². The molecule has 6 nitrogen and oxygen atoms in total. The van der Waals surface area contributed by atoms with Gasteiger partial charge in [-0.3, -0.25) is 4.79 Å². The van der Waals surface area contributed by atoms with Crippen LogP contribution in [0.1, 0.15) is 16.2 Å². The second kappa shape index (κ2) is 5.84. The highest BCUT2D eigenvalue weighted by atomic mass is 35.7.